The van der Waals surface area contributed by atoms with Crippen LogP contribution in [0, 0.1) is 17.1 Å². The molecule has 0 aliphatic carbocycles. The smallest absolute Gasteiger partial charge is 0.140 e. The van der Waals surface area contributed by atoms with E-state index in [0.29, 0.717) is 19.7 Å². The molecular formula is C17H17FN2O. The van der Waals surface area contributed by atoms with Crippen LogP contribution in [0.2, 0.25) is 0 Å². The second-order valence-corrected chi connectivity index (χ2v) is 4.61. The van der Waals surface area contributed by atoms with E-state index < -0.39 is 5.82 Å². The monoisotopic (exact) mass is 284 g/mol. The SMILES string of the molecule is CCOc1cccc(CNCc2ccc(F)c(C#N)c2)c1. The highest BCUT2D eigenvalue weighted by Gasteiger charge is 2.03. The highest BCUT2D eigenvalue weighted by atomic mass is 19.1. The van der Waals surface area contributed by atoms with Gasteiger partial charge in [0, 0.05) is 13.1 Å². The number of benzene rings is 2. The van der Waals surface area contributed by atoms with Crippen molar-refractivity contribution in [1.29, 1.82) is 5.26 Å². The maximum Gasteiger partial charge on any atom is 0.140 e. The van der Waals surface area contributed by atoms with Gasteiger partial charge in [-0.3, -0.25) is 0 Å². The molecule has 0 unspecified atom stereocenters. The molecular weight excluding hydrogens is 267 g/mol. The van der Waals surface area contributed by atoms with Crippen LogP contribution in [-0.4, -0.2) is 6.61 Å². The summed E-state index contributed by atoms with van der Waals surface area (Å²) in [5.74, 6) is 0.371. The van der Waals surface area contributed by atoms with E-state index in [2.05, 4.69) is 5.32 Å². The van der Waals surface area contributed by atoms with Crippen LogP contribution in [0.4, 0.5) is 4.39 Å². The van der Waals surface area contributed by atoms with Gasteiger partial charge in [-0.2, -0.15) is 5.26 Å². The van der Waals surface area contributed by atoms with E-state index in [1.807, 2.05) is 37.3 Å². The molecule has 3 nitrogen and oxygen atoms in total. The van der Waals surface area contributed by atoms with E-state index in [9.17, 15) is 4.39 Å². The standard InChI is InChI=1S/C17H17FN2O/c1-2-21-16-5-3-4-13(9-16)11-20-12-14-6-7-17(18)15(8-14)10-19/h3-9,20H,2,11-12H2,1H3. The lowest BCUT2D eigenvalue weighted by atomic mass is 10.1. The Morgan fingerprint density at radius 2 is 1.90 bits per heavy atom. The van der Waals surface area contributed by atoms with Crippen LogP contribution in [0.3, 0.4) is 0 Å². The van der Waals surface area contributed by atoms with Crippen LogP contribution in [0.1, 0.15) is 23.6 Å². The third kappa shape index (κ3) is 4.30. The van der Waals surface area contributed by atoms with Gasteiger partial charge < -0.3 is 10.1 Å². The second kappa shape index (κ2) is 7.41. The Hall–Kier alpha value is -2.38. The third-order valence-electron chi connectivity index (χ3n) is 3.02. The molecule has 0 atom stereocenters. The van der Waals surface area contributed by atoms with E-state index in [-0.39, 0.29) is 5.56 Å². The Kier molecular flexibility index (Phi) is 5.30. The van der Waals surface area contributed by atoms with E-state index in [1.54, 1.807) is 12.1 Å². The van der Waals surface area contributed by atoms with Crippen LogP contribution in [0.25, 0.3) is 0 Å². The van der Waals surface area contributed by atoms with Gasteiger partial charge in [0.1, 0.15) is 17.6 Å². The summed E-state index contributed by atoms with van der Waals surface area (Å²) in [5.41, 5.74) is 2.07. The lowest BCUT2D eigenvalue weighted by Crippen LogP contribution is -2.13. The maximum atomic E-state index is 13.2. The number of ether oxygens (including phenoxy) is 1. The summed E-state index contributed by atoms with van der Waals surface area (Å²) < 4.78 is 18.7. The summed E-state index contributed by atoms with van der Waals surface area (Å²) in [7, 11) is 0. The molecule has 0 heterocycles. The van der Waals surface area contributed by atoms with E-state index >= 15 is 0 Å². The fourth-order valence-electron chi connectivity index (χ4n) is 2.03. The molecule has 0 bridgehead atoms. The van der Waals surface area contributed by atoms with Crippen molar-refractivity contribution >= 4 is 0 Å². The quantitative estimate of drug-likeness (QED) is 0.884. The van der Waals surface area contributed by atoms with Gasteiger partial charge in [0.2, 0.25) is 0 Å². The largest absolute Gasteiger partial charge is 0.494 e. The highest BCUT2D eigenvalue weighted by Crippen LogP contribution is 2.13. The molecule has 2 aromatic carbocycles. The number of nitriles is 1. The van der Waals surface area contributed by atoms with Crippen molar-refractivity contribution in [1.82, 2.24) is 5.32 Å². The van der Waals surface area contributed by atoms with Crippen molar-refractivity contribution < 1.29 is 9.13 Å². The summed E-state index contributed by atoms with van der Waals surface area (Å²) in [6, 6.07) is 14.3. The fourth-order valence-corrected chi connectivity index (χ4v) is 2.03. The van der Waals surface area contributed by atoms with Gasteiger partial charge in [0.05, 0.1) is 12.2 Å². The first-order valence-electron chi connectivity index (χ1n) is 6.84. The van der Waals surface area contributed by atoms with Gasteiger partial charge in [-0.1, -0.05) is 18.2 Å². The van der Waals surface area contributed by atoms with Gasteiger partial charge in [0.15, 0.2) is 0 Å². The Morgan fingerprint density at radius 3 is 2.62 bits per heavy atom. The highest BCUT2D eigenvalue weighted by molar-refractivity contribution is 5.34. The first kappa shape index (κ1) is 15.0. The van der Waals surface area contributed by atoms with Gasteiger partial charge >= 0.3 is 0 Å². The number of hydrogen-bond donors (Lipinski definition) is 1. The number of halogens is 1. The van der Waals surface area contributed by atoms with Gasteiger partial charge in [-0.25, -0.2) is 4.39 Å². The number of nitrogens with one attached hydrogen (secondary N) is 1. The average molecular weight is 284 g/mol. The third-order valence-corrected chi connectivity index (χ3v) is 3.02. The number of hydrogen-bond acceptors (Lipinski definition) is 3. The van der Waals surface area contributed by atoms with Crippen molar-refractivity contribution in [3.63, 3.8) is 0 Å². The summed E-state index contributed by atoms with van der Waals surface area (Å²) in [6.07, 6.45) is 0. The molecule has 0 spiro atoms. The first-order valence-corrected chi connectivity index (χ1v) is 6.84. The van der Waals surface area contributed by atoms with Crippen molar-refractivity contribution in [2.45, 2.75) is 20.0 Å². The van der Waals surface area contributed by atoms with Crippen LogP contribution in [0.15, 0.2) is 42.5 Å². The Balaban J connectivity index is 1.92. The fraction of sp³-hybridized carbons (Fsp3) is 0.235. The molecule has 0 aromatic heterocycles. The zero-order valence-corrected chi connectivity index (χ0v) is 11.9. The van der Waals surface area contributed by atoms with Crippen LogP contribution in [-0.2, 0) is 13.1 Å². The molecule has 1 N–H and O–H groups in total. The number of nitrogens with zero attached hydrogens (tertiary/aromatic N) is 1. The molecule has 108 valence electrons. The van der Waals surface area contributed by atoms with Gasteiger partial charge in [-0.15, -0.1) is 0 Å². The predicted octanol–water partition coefficient (Wildman–Crippen LogP) is 3.39. The molecule has 21 heavy (non-hydrogen) atoms. The Morgan fingerprint density at radius 1 is 1.14 bits per heavy atom. The summed E-state index contributed by atoms with van der Waals surface area (Å²) in [4.78, 5) is 0. The Labute approximate surface area is 124 Å². The van der Waals surface area contributed by atoms with Crippen LogP contribution >= 0.6 is 0 Å². The molecule has 0 fully saturated rings. The second-order valence-electron chi connectivity index (χ2n) is 4.61. The first-order chi connectivity index (χ1) is 10.2. The zero-order valence-electron chi connectivity index (χ0n) is 11.9. The normalized spacial score (nSPS) is 10.1. The van der Waals surface area contributed by atoms with Crippen molar-refractivity contribution in [2.75, 3.05) is 6.61 Å². The summed E-state index contributed by atoms with van der Waals surface area (Å²) in [5, 5.41) is 12.1. The number of rotatable bonds is 6. The lowest BCUT2D eigenvalue weighted by Gasteiger charge is -2.08. The molecule has 0 saturated heterocycles. The topological polar surface area (TPSA) is 45.0 Å². The van der Waals surface area contributed by atoms with Gasteiger partial charge in [-0.05, 0) is 42.3 Å². The van der Waals surface area contributed by atoms with E-state index in [0.717, 1.165) is 16.9 Å². The molecule has 2 aromatic rings. The lowest BCUT2D eigenvalue weighted by molar-refractivity contribution is 0.340. The molecule has 2 rings (SSSR count). The van der Waals surface area contributed by atoms with Crippen molar-refractivity contribution in [3.05, 3.63) is 65.0 Å². The zero-order chi connectivity index (χ0) is 15.1. The molecule has 0 radical (unpaired) electrons. The minimum absolute atomic E-state index is 0.0765. The summed E-state index contributed by atoms with van der Waals surface area (Å²) >= 11 is 0. The molecule has 4 heteroatoms. The Bertz CT molecular complexity index is 649. The van der Waals surface area contributed by atoms with E-state index in [1.165, 1.54) is 6.07 Å². The van der Waals surface area contributed by atoms with Crippen LogP contribution in [0.5, 0.6) is 5.75 Å². The maximum absolute atomic E-state index is 13.2. The minimum Gasteiger partial charge on any atom is -0.494 e. The molecule has 0 saturated carbocycles. The minimum atomic E-state index is -0.481. The van der Waals surface area contributed by atoms with Gasteiger partial charge in [0.25, 0.3) is 0 Å². The predicted molar refractivity (Wildman–Crippen MR) is 79.3 cm³/mol. The molecule has 0 aliphatic rings. The van der Waals surface area contributed by atoms with E-state index in [4.69, 9.17) is 10.00 Å². The molecule has 0 aliphatic heterocycles. The van der Waals surface area contributed by atoms with Crippen LogP contribution < -0.4 is 10.1 Å². The van der Waals surface area contributed by atoms with Crippen molar-refractivity contribution in [3.8, 4) is 11.8 Å². The molecule has 0 amide bonds. The summed E-state index contributed by atoms with van der Waals surface area (Å²) in [6.45, 7) is 3.85. The van der Waals surface area contributed by atoms with Crippen molar-refractivity contribution in [2.24, 2.45) is 0 Å². The average Bonchev–Trinajstić information content (AvgIpc) is 2.50.